The second-order valence-corrected chi connectivity index (χ2v) is 11.3. The van der Waals surface area contributed by atoms with Crippen molar-refractivity contribution in [1.29, 1.82) is 0 Å². The Labute approximate surface area is 222 Å². The van der Waals surface area contributed by atoms with Crippen LogP contribution < -0.4 is 10.1 Å². The SMILES string of the molecule is COc1ccc(Cn2cc(CC(=O)N3CCCCC3c3cc(NC(=O)C4CC5(CCC5)C4)n[nH]3)cn2)cc1. The summed E-state index contributed by atoms with van der Waals surface area (Å²) in [7, 11) is 1.65. The van der Waals surface area contributed by atoms with Crippen LogP contribution >= 0.6 is 0 Å². The van der Waals surface area contributed by atoms with Gasteiger partial charge in [0.1, 0.15) is 5.75 Å². The fraction of sp³-hybridized carbons (Fsp3) is 0.517. The number of ether oxygens (including phenoxy) is 1. The number of hydrogen-bond donors (Lipinski definition) is 2. The van der Waals surface area contributed by atoms with Crippen LogP contribution in [0.25, 0.3) is 0 Å². The van der Waals surface area contributed by atoms with Crippen LogP contribution in [0.4, 0.5) is 5.82 Å². The van der Waals surface area contributed by atoms with Crippen molar-refractivity contribution in [1.82, 2.24) is 24.9 Å². The summed E-state index contributed by atoms with van der Waals surface area (Å²) in [5.74, 6) is 1.64. The molecule has 200 valence electrons. The third-order valence-electron chi connectivity index (χ3n) is 8.72. The van der Waals surface area contributed by atoms with Gasteiger partial charge in [-0.1, -0.05) is 18.6 Å². The minimum Gasteiger partial charge on any atom is -0.497 e. The molecular weight excluding hydrogens is 480 g/mol. The predicted octanol–water partition coefficient (Wildman–Crippen LogP) is 4.48. The van der Waals surface area contributed by atoms with Crippen molar-refractivity contribution >= 4 is 17.6 Å². The molecule has 3 aromatic rings. The number of H-pyrrole nitrogens is 1. The van der Waals surface area contributed by atoms with Gasteiger partial charge in [0.15, 0.2) is 5.82 Å². The molecular formula is C29H36N6O3. The minimum atomic E-state index is -0.0642. The molecule has 38 heavy (non-hydrogen) atoms. The van der Waals surface area contributed by atoms with Crippen LogP contribution in [0, 0.1) is 11.3 Å². The quantitative estimate of drug-likeness (QED) is 0.459. The Hall–Kier alpha value is -3.62. The lowest BCUT2D eigenvalue weighted by Crippen LogP contribution is -2.47. The van der Waals surface area contributed by atoms with Gasteiger partial charge in [0.25, 0.3) is 0 Å². The third kappa shape index (κ3) is 5.06. The summed E-state index contributed by atoms with van der Waals surface area (Å²) in [6.07, 6.45) is 12.8. The van der Waals surface area contributed by atoms with Crippen molar-refractivity contribution in [2.24, 2.45) is 11.3 Å². The van der Waals surface area contributed by atoms with Crippen LogP contribution in [0.3, 0.4) is 0 Å². The summed E-state index contributed by atoms with van der Waals surface area (Å²) < 4.78 is 7.08. The molecule has 1 unspecified atom stereocenters. The van der Waals surface area contributed by atoms with Gasteiger partial charge in [-0.05, 0) is 73.6 Å². The first kappa shape index (κ1) is 24.7. The van der Waals surface area contributed by atoms with Crippen molar-refractivity contribution in [3.63, 3.8) is 0 Å². The highest BCUT2D eigenvalue weighted by molar-refractivity contribution is 5.92. The van der Waals surface area contributed by atoms with Gasteiger partial charge in [-0.2, -0.15) is 10.2 Å². The average molecular weight is 517 g/mol. The maximum absolute atomic E-state index is 13.4. The molecule has 3 aliphatic rings. The number of aromatic nitrogens is 4. The van der Waals surface area contributed by atoms with E-state index in [1.807, 2.05) is 46.1 Å². The summed E-state index contributed by atoms with van der Waals surface area (Å²) in [6.45, 7) is 1.35. The largest absolute Gasteiger partial charge is 0.497 e. The first-order chi connectivity index (χ1) is 18.5. The number of amides is 2. The number of benzene rings is 1. The van der Waals surface area contributed by atoms with Crippen LogP contribution in [0.2, 0.25) is 0 Å². The van der Waals surface area contributed by atoms with E-state index in [4.69, 9.17) is 4.74 Å². The van der Waals surface area contributed by atoms with E-state index in [1.54, 1.807) is 13.3 Å². The molecule has 1 atom stereocenters. The van der Waals surface area contributed by atoms with E-state index in [0.717, 1.165) is 54.7 Å². The number of likely N-dealkylation sites (tertiary alicyclic amines) is 1. The maximum Gasteiger partial charge on any atom is 0.228 e. The number of nitrogens with zero attached hydrogens (tertiary/aromatic N) is 4. The highest BCUT2D eigenvalue weighted by Crippen LogP contribution is 2.58. The Kier molecular flexibility index (Phi) is 6.68. The van der Waals surface area contributed by atoms with Crippen LogP contribution in [0.15, 0.2) is 42.7 Å². The van der Waals surface area contributed by atoms with E-state index in [0.29, 0.717) is 30.7 Å². The van der Waals surface area contributed by atoms with Gasteiger partial charge in [-0.3, -0.25) is 19.4 Å². The molecule has 2 saturated carbocycles. The summed E-state index contributed by atoms with van der Waals surface area (Å²) >= 11 is 0. The summed E-state index contributed by atoms with van der Waals surface area (Å²) in [5.41, 5.74) is 3.36. The van der Waals surface area contributed by atoms with E-state index in [1.165, 1.54) is 19.3 Å². The van der Waals surface area contributed by atoms with Gasteiger partial charge in [0.2, 0.25) is 11.8 Å². The number of carbonyl (C=O) groups excluding carboxylic acids is 2. The predicted molar refractivity (Wildman–Crippen MR) is 143 cm³/mol. The first-order valence-corrected chi connectivity index (χ1v) is 13.8. The lowest BCUT2D eigenvalue weighted by atomic mass is 9.51. The minimum absolute atomic E-state index is 0.0642. The zero-order valence-electron chi connectivity index (χ0n) is 22.0. The van der Waals surface area contributed by atoms with Crippen LogP contribution in [0.1, 0.15) is 74.2 Å². The Balaban J connectivity index is 1.06. The number of rotatable bonds is 8. The molecule has 9 heteroatoms. The van der Waals surface area contributed by atoms with Gasteiger partial charge in [-0.15, -0.1) is 0 Å². The molecule has 0 bridgehead atoms. The fourth-order valence-electron chi connectivity index (χ4n) is 6.39. The molecule has 1 saturated heterocycles. The van der Waals surface area contributed by atoms with Crippen molar-refractivity contribution in [2.75, 3.05) is 19.0 Å². The fourth-order valence-corrected chi connectivity index (χ4v) is 6.39. The molecule has 2 aliphatic carbocycles. The van der Waals surface area contributed by atoms with Gasteiger partial charge in [0, 0.05) is 24.7 Å². The van der Waals surface area contributed by atoms with E-state index in [-0.39, 0.29) is 23.8 Å². The second kappa shape index (κ2) is 10.3. The standard InChI is InChI=1S/C29H36N6O3/c1-38-23-8-6-20(7-9-23)18-34-19-21(17-30-34)13-27(36)35-12-3-2-5-25(35)24-14-26(33-32-24)31-28(37)22-15-29(16-22)10-4-11-29/h6-9,14,17,19,22,25H,2-5,10-13,15-16,18H2,1H3,(H2,31,32,33,37). The van der Waals surface area contributed by atoms with Gasteiger partial charge >= 0.3 is 0 Å². The smallest absolute Gasteiger partial charge is 0.228 e. The maximum atomic E-state index is 13.4. The summed E-state index contributed by atoms with van der Waals surface area (Å²) in [4.78, 5) is 28.0. The average Bonchev–Trinajstić information content (AvgIpc) is 3.52. The van der Waals surface area contributed by atoms with E-state index in [2.05, 4.69) is 20.6 Å². The van der Waals surface area contributed by atoms with Crippen molar-refractivity contribution in [3.8, 4) is 5.75 Å². The number of anilines is 1. The Bertz CT molecular complexity index is 1280. The highest BCUT2D eigenvalue weighted by Gasteiger charge is 2.50. The molecule has 0 radical (unpaired) electrons. The summed E-state index contributed by atoms with van der Waals surface area (Å²) in [6, 6.07) is 9.74. The normalized spacial score (nSPS) is 20.6. The number of hydrogen-bond acceptors (Lipinski definition) is 5. The number of aromatic amines is 1. The number of nitrogens with one attached hydrogen (secondary N) is 2. The number of piperidine rings is 1. The van der Waals surface area contributed by atoms with Crippen molar-refractivity contribution < 1.29 is 14.3 Å². The van der Waals surface area contributed by atoms with Crippen LogP contribution in [-0.4, -0.2) is 50.3 Å². The zero-order valence-corrected chi connectivity index (χ0v) is 22.0. The zero-order chi connectivity index (χ0) is 26.1. The topological polar surface area (TPSA) is 105 Å². The van der Waals surface area contributed by atoms with Crippen LogP contribution in [0.5, 0.6) is 5.75 Å². The Morgan fingerprint density at radius 1 is 1.13 bits per heavy atom. The molecule has 2 N–H and O–H groups in total. The second-order valence-electron chi connectivity index (χ2n) is 11.3. The molecule has 2 amide bonds. The molecule has 1 aromatic carbocycles. The molecule has 9 nitrogen and oxygen atoms in total. The van der Waals surface area contributed by atoms with E-state index < -0.39 is 0 Å². The van der Waals surface area contributed by atoms with E-state index >= 15 is 0 Å². The van der Waals surface area contributed by atoms with E-state index in [9.17, 15) is 9.59 Å². The summed E-state index contributed by atoms with van der Waals surface area (Å²) in [5, 5.41) is 14.9. The molecule has 3 fully saturated rings. The van der Waals surface area contributed by atoms with Gasteiger partial charge < -0.3 is 15.0 Å². The van der Waals surface area contributed by atoms with Gasteiger partial charge in [-0.25, -0.2) is 0 Å². The highest BCUT2D eigenvalue weighted by atomic mass is 16.5. The first-order valence-electron chi connectivity index (χ1n) is 13.8. The van der Waals surface area contributed by atoms with Crippen molar-refractivity contribution in [3.05, 3.63) is 59.5 Å². The van der Waals surface area contributed by atoms with Crippen molar-refractivity contribution in [2.45, 2.75) is 70.4 Å². The molecule has 1 spiro atoms. The molecule has 1 aliphatic heterocycles. The molecule has 6 rings (SSSR count). The monoisotopic (exact) mass is 516 g/mol. The Morgan fingerprint density at radius 3 is 2.68 bits per heavy atom. The molecule has 3 heterocycles. The molecule has 2 aromatic heterocycles. The lowest BCUT2D eigenvalue weighted by Gasteiger charge is -2.53. The van der Waals surface area contributed by atoms with Gasteiger partial charge in [0.05, 0.1) is 38.0 Å². The Morgan fingerprint density at radius 2 is 1.95 bits per heavy atom. The number of methoxy groups -OCH3 is 1. The van der Waals surface area contributed by atoms with Crippen LogP contribution in [-0.2, 0) is 22.6 Å². The third-order valence-corrected chi connectivity index (χ3v) is 8.72. The number of carbonyl (C=O) groups is 2. The lowest BCUT2D eigenvalue weighted by molar-refractivity contribution is -0.134.